The Kier molecular flexibility index (Phi) is 6.93. The number of aliphatic hydroxyl groups excluding tert-OH is 1. The van der Waals surface area contributed by atoms with E-state index in [9.17, 15) is 19.1 Å². The predicted molar refractivity (Wildman–Crippen MR) is 144 cm³/mol. The summed E-state index contributed by atoms with van der Waals surface area (Å²) < 4.78 is 25.6. The molecule has 4 aromatic rings. The van der Waals surface area contributed by atoms with Gasteiger partial charge in [-0.1, -0.05) is 36.1 Å². The number of halogens is 1. The molecule has 3 aromatic carbocycles. The quantitative estimate of drug-likeness (QED) is 0.130. The van der Waals surface area contributed by atoms with Crippen LogP contribution in [0.15, 0.2) is 85.0 Å². The van der Waals surface area contributed by atoms with Gasteiger partial charge < -0.3 is 14.6 Å². The van der Waals surface area contributed by atoms with Crippen molar-refractivity contribution in [1.82, 2.24) is 4.98 Å². The lowest BCUT2D eigenvalue weighted by molar-refractivity contribution is -0.132. The van der Waals surface area contributed by atoms with Gasteiger partial charge in [-0.05, 0) is 67.1 Å². The average Bonchev–Trinajstić information content (AvgIpc) is 3.45. The molecule has 1 fully saturated rings. The van der Waals surface area contributed by atoms with Crippen molar-refractivity contribution in [3.63, 3.8) is 0 Å². The van der Waals surface area contributed by atoms with Gasteiger partial charge in [0.1, 0.15) is 29.7 Å². The molecule has 1 unspecified atom stereocenters. The van der Waals surface area contributed by atoms with Crippen LogP contribution in [0.25, 0.3) is 16.0 Å². The normalized spacial score (nSPS) is 16.7. The molecule has 1 aliphatic heterocycles. The molecule has 0 aliphatic carbocycles. The average molecular weight is 531 g/mol. The summed E-state index contributed by atoms with van der Waals surface area (Å²) in [5.74, 6) is -1.44. The number of carbonyl (C=O) groups excluding carboxylic acids is 2. The van der Waals surface area contributed by atoms with E-state index in [0.717, 1.165) is 4.70 Å². The van der Waals surface area contributed by atoms with Crippen LogP contribution < -0.4 is 14.4 Å². The van der Waals surface area contributed by atoms with Crippen LogP contribution in [0.1, 0.15) is 24.1 Å². The number of anilines is 1. The van der Waals surface area contributed by atoms with Crippen molar-refractivity contribution in [2.45, 2.75) is 13.0 Å². The number of aromatic nitrogens is 1. The van der Waals surface area contributed by atoms with Crippen LogP contribution in [-0.4, -0.2) is 35.0 Å². The molecule has 9 heteroatoms. The number of Topliss-reactive ketones (excluding diaryl/α,β-unsaturated/α-hetero) is 1. The largest absolute Gasteiger partial charge is 0.507 e. The van der Waals surface area contributed by atoms with Crippen molar-refractivity contribution in [3.05, 3.63) is 102 Å². The number of nitrogens with zero attached hydrogens (tertiary/aromatic N) is 2. The molecular weight excluding hydrogens is 507 g/mol. The second-order valence-electron chi connectivity index (χ2n) is 8.41. The molecule has 7 nitrogen and oxygen atoms in total. The highest BCUT2D eigenvalue weighted by Gasteiger charge is 2.48. The molecule has 0 bridgehead atoms. The molecular formula is C29H23FN2O5S. The van der Waals surface area contributed by atoms with Crippen molar-refractivity contribution >= 4 is 44.1 Å². The van der Waals surface area contributed by atoms with Gasteiger partial charge in [0.05, 0.1) is 28.4 Å². The third kappa shape index (κ3) is 4.64. The van der Waals surface area contributed by atoms with E-state index in [1.165, 1.54) is 40.5 Å². The minimum Gasteiger partial charge on any atom is -0.507 e. The maximum absolute atomic E-state index is 13.6. The number of thiazole rings is 1. The molecule has 192 valence electrons. The lowest BCUT2D eigenvalue weighted by Gasteiger charge is -2.23. The van der Waals surface area contributed by atoms with Crippen LogP contribution >= 0.6 is 11.3 Å². The van der Waals surface area contributed by atoms with Gasteiger partial charge in [0.2, 0.25) is 0 Å². The topological polar surface area (TPSA) is 89.0 Å². The Bertz CT molecular complexity index is 1580. The highest BCUT2D eigenvalue weighted by atomic mass is 32.1. The number of carbonyl (C=O) groups is 2. The molecule has 0 spiro atoms. The van der Waals surface area contributed by atoms with Crippen molar-refractivity contribution in [1.29, 1.82) is 0 Å². The van der Waals surface area contributed by atoms with Crippen molar-refractivity contribution in [2.75, 3.05) is 18.1 Å². The minimum absolute atomic E-state index is 0.128. The summed E-state index contributed by atoms with van der Waals surface area (Å²) in [6, 6.07) is 16.4. The number of ketones is 1. The zero-order chi connectivity index (χ0) is 26.8. The Morgan fingerprint density at radius 1 is 1.11 bits per heavy atom. The summed E-state index contributed by atoms with van der Waals surface area (Å²) in [6.45, 7) is 6.30. The Labute approximate surface area is 222 Å². The van der Waals surface area contributed by atoms with Crippen molar-refractivity contribution in [2.24, 2.45) is 0 Å². The number of hydrogen-bond acceptors (Lipinski definition) is 7. The van der Waals surface area contributed by atoms with E-state index < -0.39 is 29.3 Å². The molecule has 1 aromatic heterocycles. The van der Waals surface area contributed by atoms with Crippen LogP contribution in [0.5, 0.6) is 11.5 Å². The Morgan fingerprint density at radius 3 is 2.61 bits per heavy atom. The number of hydrogen-bond donors (Lipinski definition) is 1. The van der Waals surface area contributed by atoms with E-state index in [2.05, 4.69) is 11.6 Å². The fraction of sp³-hybridized carbons (Fsp3) is 0.138. The monoisotopic (exact) mass is 530 g/mol. The van der Waals surface area contributed by atoms with E-state index in [0.29, 0.717) is 29.2 Å². The zero-order valence-electron chi connectivity index (χ0n) is 20.4. The first-order valence-corrected chi connectivity index (χ1v) is 12.7. The highest BCUT2D eigenvalue weighted by molar-refractivity contribution is 7.22. The first-order valence-electron chi connectivity index (χ1n) is 11.8. The molecule has 0 radical (unpaired) electrons. The van der Waals surface area contributed by atoms with Crippen LogP contribution in [0.4, 0.5) is 9.52 Å². The number of rotatable bonds is 8. The Morgan fingerprint density at radius 2 is 1.87 bits per heavy atom. The molecule has 38 heavy (non-hydrogen) atoms. The number of aliphatic hydroxyl groups is 1. The zero-order valence-corrected chi connectivity index (χ0v) is 21.2. The summed E-state index contributed by atoms with van der Waals surface area (Å²) in [5.41, 5.74) is 1.25. The molecule has 1 amide bonds. The molecule has 0 saturated carbocycles. The van der Waals surface area contributed by atoms with Crippen LogP contribution in [-0.2, 0) is 9.59 Å². The molecule has 1 atom stereocenters. The third-order valence-electron chi connectivity index (χ3n) is 5.97. The second kappa shape index (κ2) is 10.5. The Balaban J connectivity index is 1.68. The summed E-state index contributed by atoms with van der Waals surface area (Å²) in [5, 5.41) is 11.5. The van der Waals surface area contributed by atoms with Gasteiger partial charge in [0.25, 0.3) is 5.78 Å². The van der Waals surface area contributed by atoms with Crippen molar-refractivity contribution in [3.8, 4) is 11.5 Å². The predicted octanol–water partition coefficient (Wildman–Crippen LogP) is 6.03. The summed E-state index contributed by atoms with van der Waals surface area (Å²) in [7, 11) is 0. The molecule has 1 N–H and O–H groups in total. The van der Waals surface area contributed by atoms with Crippen LogP contribution in [0.3, 0.4) is 0 Å². The van der Waals surface area contributed by atoms with Gasteiger partial charge in [-0.25, -0.2) is 9.37 Å². The third-order valence-corrected chi connectivity index (χ3v) is 6.99. The lowest BCUT2D eigenvalue weighted by atomic mass is 9.95. The van der Waals surface area contributed by atoms with Gasteiger partial charge in [-0.15, -0.1) is 0 Å². The van der Waals surface area contributed by atoms with E-state index >= 15 is 0 Å². The first-order chi connectivity index (χ1) is 18.4. The maximum atomic E-state index is 13.6. The highest BCUT2D eigenvalue weighted by Crippen LogP contribution is 2.45. The maximum Gasteiger partial charge on any atom is 0.301 e. The van der Waals surface area contributed by atoms with E-state index in [-0.39, 0.29) is 22.9 Å². The number of ether oxygens (including phenoxy) is 2. The fourth-order valence-electron chi connectivity index (χ4n) is 4.29. The van der Waals surface area contributed by atoms with Gasteiger partial charge in [-0.3, -0.25) is 14.5 Å². The summed E-state index contributed by atoms with van der Waals surface area (Å²) in [6.07, 6.45) is 1.60. The van der Waals surface area contributed by atoms with Gasteiger partial charge in [0.15, 0.2) is 5.13 Å². The van der Waals surface area contributed by atoms with Gasteiger partial charge >= 0.3 is 5.91 Å². The molecule has 1 aliphatic rings. The van der Waals surface area contributed by atoms with E-state index in [4.69, 9.17) is 9.47 Å². The van der Waals surface area contributed by atoms with Gasteiger partial charge in [-0.2, -0.15) is 0 Å². The number of fused-ring (bicyclic) bond motifs is 1. The SMILES string of the molecule is C=CCOc1cccc(C2C(=C(O)c3ccc(F)cc3)C(=O)C(=O)N2c2nc3ccc(OCC)cc3s2)c1. The van der Waals surface area contributed by atoms with E-state index in [1.54, 1.807) is 42.5 Å². The summed E-state index contributed by atoms with van der Waals surface area (Å²) >= 11 is 1.23. The van der Waals surface area contributed by atoms with Crippen LogP contribution in [0.2, 0.25) is 0 Å². The standard InChI is InChI=1S/C29H23FN2O5S/c1-3-14-37-20-7-5-6-18(15-20)25-24(26(33)17-8-10-19(30)11-9-17)27(34)28(35)32(25)29-31-22-13-12-21(36-4-2)16-23(22)38-29/h3,5-13,15-16,25,33H,1,4,14H2,2H3. The molecule has 1 saturated heterocycles. The minimum atomic E-state index is -1.00. The van der Waals surface area contributed by atoms with Gasteiger partial charge in [0, 0.05) is 5.56 Å². The number of benzene rings is 3. The first kappa shape index (κ1) is 25.2. The fourth-order valence-corrected chi connectivity index (χ4v) is 5.31. The lowest BCUT2D eigenvalue weighted by Crippen LogP contribution is -2.29. The summed E-state index contributed by atoms with van der Waals surface area (Å²) in [4.78, 5) is 32.8. The number of amides is 1. The van der Waals surface area contributed by atoms with Crippen molar-refractivity contribution < 1.29 is 28.6 Å². The molecule has 5 rings (SSSR count). The van der Waals surface area contributed by atoms with Crippen LogP contribution in [0, 0.1) is 5.82 Å². The second-order valence-corrected chi connectivity index (χ2v) is 9.42. The Hall–Kier alpha value is -4.50. The smallest absolute Gasteiger partial charge is 0.301 e. The molecule has 2 heterocycles. The van der Waals surface area contributed by atoms with E-state index in [1.807, 2.05) is 13.0 Å².